The van der Waals surface area contributed by atoms with Gasteiger partial charge in [0.25, 0.3) is 0 Å². The predicted molar refractivity (Wildman–Crippen MR) is 80.2 cm³/mol. The normalized spacial score (nSPS) is 24.0. The highest BCUT2D eigenvalue weighted by Crippen LogP contribution is 2.39. The summed E-state index contributed by atoms with van der Waals surface area (Å²) in [6.45, 7) is 0.654. The van der Waals surface area contributed by atoms with Gasteiger partial charge < -0.3 is 14.2 Å². The van der Waals surface area contributed by atoms with Gasteiger partial charge >= 0.3 is 0 Å². The monoisotopic (exact) mass is 327 g/mol. The van der Waals surface area contributed by atoms with Crippen LogP contribution < -0.4 is 9.46 Å². The minimum Gasteiger partial charge on any atom is -0.497 e. The van der Waals surface area contributed by atoms with Crippen LogP contribution in [0.3, 0.4) is 0 Å². The van der Waals surface area contributed by atoms with Gasteiger partial charge in [0.1, 0.15) is 5.75 Å². The Balaban J connectivity index is 1.58. The van der Waals surface area contributed by atoms with E-state index in [-0.39, 0.29) is 17.5 Å². The Morgan fingerprint density at radius 1 is 1.27 bits per heavy atom. The molecule has 0 aromatic heterocycles. The van der Waals surface area contributed by atoms with Crippen LogP contribution in [0.15, 0.2) is 29.2 Å². The van der Waals surface area contributed by atoms with Crippen LogP contribution in [-0.2, 0) is 19.5 Å². The number of rotatable bonds is 5. The molecule has 1 saturated carbocycles. The molecule has 1 saturated heterocycles. The lowest BCUT2D eigenvalue weighted by atomic mass is 10.2. The molecule has 1 N–H and O–H groups in total. The number of benzene rings is 1. The zero-order valence-electron chi connectivity index (χ0n) is 12.6. The predicted octanol–water partition coefficient (Wildman–Crippen LogP) is 1.66. The quantitative estimate of drug-likeness (QED) is 0.890. The molecule has 1 aliphatic carbocycles. The van der Waals surface area contributed by atoms with Gasteiger partial charge in [-0.05, 0) is 37.1 Å². The van der Waals surface area contributed by atoms with Gasteiger partial charge in [-0.25, -0.2) is 13.1 Å². The summed E-state index contributed by atoms with van der Waals surface area (Å²) < 4.78 is 43.8. The van der Waals surface area contributed by atoms with E-state index in [0.717, 1.165) is 25.7 Å². The van der Waals surface area contributed by atoms with E-state index >= 15 is 0 Å². The van der Waals surface area contributed by atoms with E-state index in [4.69, 9.17) is 14.2 Å². The Labute approximate surface area is 130 Å². The van der Waals surface area contributed by atoms with E-state index in [1.54, 1.807) is 12.1 Å². The maximum absolute atomic E-state index is 12.3. The van der Waals surface area contributed by atoms with Crippen LogP contribution in [0.4, 0.5) is 0 Å². The van der Waals surface area contributed by atoms with Crippen molar-refractivity contribution in [3.8, 4) is 5.75 Å². The highest BCUT2D eigenvalue weighted by Gasteiger charge is 2.43. The van der Waals surface area contributed by atoms with E-state index < -0.39 is 15.8 Å². The number of hydrogen-bond donors (Lipinski definition) is 1. The molecule has 0 unspecified atom stereocenters. The number of nitrogens with one attached hydrogen (secondary N) is 1. The van der Waals surface area contributed by atoms with E-state index in [0.29, 0.717) is 12.4 Å². The number of methoxy groups -OCH3 is 1. The summed E-state index contributed by atoms with van der Waals surface area (Å²) in [6.07, 6.45) is 3.77. The molecule has 1 atom stereocenters. The standard InChI is InChI=1S/C15H21NO5S/c1-19-12-4-6-14(7-5-12)22(17,18)16-10-13-11-20-15(21-13)8-2-3-9-15/h4-7,13,16H,2-3,8-11H2,1H3/t13-/m1/s1. The first-order chi connectivity index (χ1) is 10.5. The maximum atomic E-state index is 12.3. The third kappa shape index (κ3) is 3.27. The molecular formula is C15H21NO5S. The van der Waals surface area contributed by atoms with Crippen molar-refractivity contribution in [3.05, 3.63) is 24.3 Å². The van der Waals surface area contributed by atoms with Crippen molar-refractivity contribution in [2.45, 2.75) is 42.5 Å². The topological polar surface area (TPSA) is 73.9 Å². The molecule has 1 aromatic carbocycles. The third-order valence-corrected chi connectivity index (χ3v) is 5.59. The Morgan fingerprint density at radius 2 is 1.95 bits per heavy atom. The lowest BCUT2D eigenvalue weighted by Crippen LogP contribution is -2.35. The van der Waals surface area contributed by atoms with Crippen molar-refractivity contribution >= 4 is 10.0 Å². The Morgan fingerprint density at radius 3 is 2.59 bits per heavy atom. The first-order valence-electron chi connectivity index (χ1n) is 7.49. The molecule has 22 heavy (non-hydrogen) atoms. The molecule has 1 aromatic rings. The second kappa shape index (κ2) is 6.16. The van der Waals surface area contributed by atoms with Crippen molar-refractivity contribution in [2.75, 3.05) is 20.3 Å². The van der Waals surface area contributed by atoms with Crippen molar-refractivity contribution in [2.24, 2.45) is 0 Å². The van der Waals surface area contributed by atoms with Crippen LogP contribution in [0.1, 0.15) is 25.7 Å². The Bertz CT molecular complexity index is 607. The van der Waals surface area contributed by atoms with Crippen LogP contribution in [0, 0.1) is 0 Å². The molecule has 2 aliphatic rings. The van der Waals surface area contributed by atoms with Crippen molar-refractivity contribution in [1.29, 1.82) is 0 Å². The molecule has 122 valence electrons. The minimum atomic E-state index is -3.55. The van der Waals surface area contributed by atoms with Crippen LogP contribution in [-0.4, -0.2) is 40.6 Å². The summed E-state index contributed by atoms with van der Waals surface area (Å²) in [7, 11) is -2.01. The number of sulfonamides is 1. The molecule has 1 aliphatic heterocycles. The number of ether oxygens (including phenoxy) is 3. The van der Waals surface area contributed by atoms with Crippen LogP contribution in [0.25, 0.3) is 0 Å². The smallest absolute Gasteiger partial charge is 0.240 e. The van der Waals surface area contributed by atoms with Crippen molar-refractivity contribution in [3.63, 3.8) is 0 Å². The van der Waals surface area contributed by atoms with E-state index in [9.17, 15) is 8.42 Å². The highest BCUT2D eigenvalue weighted by molar-refractivity contribution is 7.89. The number of hydrogen-bond acceptors (Lipinski definition) is 5. The lowest BCUT2D eigenvalue weighted by molar-refractivity contribution is -0.160. The van der Waals surface area contributed by atoms with Gasteiger partial charge in [0, 0.05) is 19.4 Å². The SMILES string of the molecule is COc1ccc(S(=O)(=O)NC[C@@H]2COC3(CCCC3)O2)cc1. The summed E-state index contributed by atoms with van der Waals surface area (Å²) in [5.74, 6) is 0.158. The van der Waals surface area contributed by atoms with Gasteiger partial charge in [-0.2, -0.15) is 0 Å². The third-order valence-electron chi connectivity index (χ3n) is 4.15. The van der Waals surface area contributed by atoms with E-state index in [1.165, 1.54) is 19.2 Å². The average molecular weight is 327 g/mol. The fraction of sp³-hybridized carbons (Fsp3) is 0.600. The summed E-state index contributed by atoms with van der Waals surface area (Å²) in [4.78, 5) is 0.211. The second-order valence-electron chi connectivity index (χ2n) is 5.70. The average Bonchev–Trinajstić information content (AvgIpc) is 3.16. The first kappa shape index (κ1) is 15.7. The van der Waals surface area contributed by atoms with E-state index in [1.807, 2.05) is 0 Å². The van der Waals surface area contributed by atoms with Crippen LogP contribution in [0.2, 0.25) is 0 Å². The molecule has 1 heterocycles. The molecule has 3 rings (SSSR count). The fourth-order valence-electron chi connectivity index (χ4n) is 2.93. The molecule has 6 nitrogen and oxygen atoms in total. The van der Waals surface area contributed by atoms with Crippen LogP contribution >= 0.6 is 0 Å². The molecule has 0 radical (unpaired) electrons. The zero-order chi connectivity index (χ0) is 15.6. The molecular weight excluding hydrogens is 306 g/mol. The molecule has 0 bridgehead atoms. The Kier molecular flexibility index (Phi) is 4.40. The largest absolute Gasteiger partial charge is 0.497 e. The van der Waals surface area contributed by atoms with Gasteiger partial charge in [-0.15, -0.1) is 0 Å². The van der Waals surface area contributed by atoms with Crippen molar-refractivity contribution in [1.82, 2.24) is 4.72 Å². The lowest BCUT2D eigenvalue weighted by Gasteiger charge is -2.21. The summed E-state index contributed by atoms with van der Waals surface area (Å²) in [5.41, 5.74) is 0. The first-order valence-corrected chi connectivity index (χ1v) is 8.97. The van der Waals surface area contributed by atoms with Gasteiger partial charge in [0.2, 0.25) is 10.0 Å². The molecule has 2 fully saturated rings. The molecule has 7 heteroatoms. The summed E-state index contributed by atoms with van der Waals surface area (Å²) in [6, 6.07) is 6.28. The van der Waals surface area contributed by atoms with Gasteiger partial charge in [-0.3, -0.25) is 0 Å². The Hall–Kier alpha value is -1.15. The maximum Gasteiger partial charge on any atom is 0.240 e. The zero-order valence-corrected chi connectivity index (χ0v) is 13.4. The van der Waals surface area contributed by atoms with Gasteiger partial charge in [0.15, 0.2) is 5.79 Å². The molecule has 1 spiro atoms. The van der Waals surface area contributed by atoms with Crippen molar-refractivity contribution < 1.29 is 22.6 Å². The van der Waals surface area contributed by atoms with Crippen LogP contribution in [0.5, 0.6) is 5.75 Å². The second-order valence-corrected chi connectivity index (χ2v) is 7.46. The highest BCUT2D eigenvalue weighted by atomic mass is 32.2. The molecule has 0 amide bonds. The van der Waals surface area contributed by atoms with Gasteiger partial charge in [0.05, 0.1) is 24.7 Å². The van der Waals surface area contributed by atoms with Gasteiger partial charge in [-0.1, -0.05) is 0 Å². The summed E-state index contributed by atoms with van der Waals surface area (Å²) >= 11 is 0. The van der Waals surface area contributed by atoms with E-state index in [2.05, 4.69) is 4.72 Å². The fourth-order valence-corrected chi connectivity index (χ4v) is 4.00. The summed E-state index contributed by atoms with van der Waals surface area (Å²) in [5, 5.41) is 0. The minimum absolute atomic E-state index is 0.211.